The molecule has 96 valence electrons. The fraction of sp³-hybridized carbons (Fsp3) is 0.714. The third kappa shape index (κ3) is 4.09. The molecule has 1 N–H and O–H groups in total. The second-order valence-corrected chi connectivity index (χ2v) is 6.42. The fourth-order valence-corrected chi connectivity index (χ4v) is 3.56. The lowest BCUT2D eigenvalue weighted by atomic mass is 10.1. The summed E-state index contributed by atoms with van der Waals surface area (Å²) in [4.78, 5) is 5.40. The van der Waals surface area contributed by atoms with Gasteiger partial charge in [0.1, 0.15) is 0 Å². The highest BCUT2D eigenvalue weighted by atomic mass is 32.1. The summed E-state index contributed by atoms with van der Waals surface area (Å²) in [5.74, 6) is 0. The molecule has 1 aliphatic carbocycles. The summed E-state index contributed by atoms with van der Waals surface area (Å²) in [6, 6.07) is 2.44. The minimum Gasteiger partial charge on any atom is -0.311 e. The molecule has 0 spiro atoms. The summed E-state index contributed by atoms with van der Waals surface area (Å²) < 4.78 is 0. The number of likely N-dealkylation sites (N-methyl/N-ethyl adjacent to an activating group) is 1. The minimum absolute atomic E-state index is 1.05. The molecule has 17 heavy (non-hydrogen) atoms. The molecule has 2 rings (SSSR count). The Kier molecular flexibility index (Phi) is 5.01. The molecule has 0 fully saturated rings. The smallest absolute Gasteiger partial charge is 0.0300 e. The number of thiophene rings is 1. The molecule has 0 amide bonds. The Balaban J connectivity index is 1.81. The maximum absolute atomic E-state index is 3.53. The van der Waals surface area contributed by atoms with Crippen LogP contribution in [-0.4, -0.2) is 32.1 Å². The van der Waals surface area contributed by atoms with Gasteiger partial charge in [-0.3, -0.25) is 0 Å². The zero-order valence-electron chi connectivity index (χ0n) is 11.1. The number of aryl methyl sites for hydroxylation is 2. The average Bonchev–Trinajstić information content (AvgIpc) is 2.55. The monoisotopic (exact) mass is 252 g/mol. The van der Waals surface area contributed by atoms with Crippen molar-refractivity contribution in [3.05, 3.63) is 21.4 Å². The predicted molar refractivity (Wildman–Crippen MR) is 75.8 cm³/mol. The summed E-state index contributed by atoms with van der Waals surface area (Å²) in [7, 11) is 4.24. The first-order valence-corrected chi connectivity index (χ1v) is 7.53. The van der Waals surface area contributed by atoms with Gasteiger partial charge in [-0.15, -0.1) is 11.3 Å². The largest absolute Gasteiger partial charge is 0.311 e. The molecule has 1 aliphatic rings. The van der Waals surface area contributed by atoms with Crippen LogP contribution in [0.25, 0.3) is 0 Å². The van der Waals surface area contributed by atoms with Crippen molar-refractivity contribution in [2.75, 3.05) is 27.2 Å². The Hall–Kier alpha value is -0.380. The van der Waals surface area contributed by atoms with E-state index in [1.807, 2.05) is 11.3 Å². The Morgan fingerprint density at radius 2 is 2.06 bits per heavy atom. The van der Waals surface area contributed by atoms with Crippen LogP contribution in [0.3, 0.4) is 0 Å². The van der Waals surface area contributed by atoms with E-state index in [-0.39, 0.29) is 0 Å². The Morgan fingerprint density at radius 1 is 1.24 bits per heavy atom. The number of hydrogen-bond acceptors (Lipinski definition) is 3. The van der Waals surface area contributed by atoms with Crippen molar-refractivity contribution in [2.24, 2.45) is 0 Å². The first-order chi connectivity index (χ1) is 8.25. The molecule has 0 unspecified atom stereocenters. The molecule has 0 bridgehead atoms. The van der Waals surface area contributed by atoms with Gasteiger partial charge in [0.15, 0.2) is 0 Å². The normalized spacial score (nSPS) is 15.9. The second-order valence-electron chi connectivity index (χ2n) is 5.20. The van der Waals surface area contributed by atoms with Gasteiger partial charge in [0, 0.05) is 29.4 Å². The van der Waals surface area contributed by atoms with E-state index in [0.717, 1.165) is 19.6 Å². The zero-order chi connectivity index (χ0) is 12.1. The number of hydrogen-bond donors (Lipinski definition) is 1. The van der Waals surface area contributed by atoms with Gasteiger partial charge in [-0.1, -0.05) is 6.42 Å². The third-order valence-electron chi connectivity index (χ3n) is 3.33. The molecule has 0 saturated carbocycles. The van der Waals surface area contributed by atoms with Crippen LogP contribution in [0, 0.1) is 0 Å². The average molecular weight is 252 g/mol. The topological polar surface area (TPSA) is 15.3 Å². The first kappa shape index (κ1) is 13.1. The number of fused-ring (bicyclic) bond motifs is 1. The highest BCUT2D eigenvalue weighted by molar-refractivity contribution is 7.12. The van der Waals surface area contributed by atoms with E-state index in [1.54, 1.807) is 10.4 Å². The highest BCUT2D eigenvalue weighted by Crippen LogP contribution is 2.28. The van der Waals surface area contributed by atoms with Gasteiger partial charge in [-0.2, -0.15) is 0 Å². The van der Waals surface area contributed by atoms with Crippen LogP contribution in [0.5, 0.6) is 0 Å². The zero-order valence-corrected chi connectivity index (χ0v) is 11.9. The molecule has 0 radical (unpaired) electrons. The van der Waals surface area contributed by atoms with Gasteiger partial charge in [-0.25, -0.2) is 0 Å². The summed E-state index contributed by atoms with van der Waals surface area (Å²) in [6.45, 7) is 3.24. The van der Waals surface area contributed by atoms with Crippen LogP contribution in [0.1, 0.15) is 34.6 Å². The van der Waals surface area contributed by atoms with Gasteiger partial charge >= 0.3 is 0 Å². The van der Waals surface area contributed by atoms with E-state index in [4.69, 9.17) is 0 Å². The third-order valence-corrected chi connectivity index (χ3v) is 4.57. The number of rotatable bonds is 5. The van der Waals surface area contributed by atoms with E-state index >= 15 is 0 Å². The molecule has 3 heteroatoms. The Morgan fingerprint density at radius 3 is 2.88 bits per heavy atom. The Labute approximate surface area is 109 Å². The standard InChI is InChI=1S/C14H24N2S/c1-16(2)9-8-15-11-13-10-12-6-4-3-5-7-14(12)17-13/h10,15H,3-9,11H2,1-2H3. The van der Waals surface area contributed by atoms with Gasteiger partial charge in [0.05, 0.1) is 0 Å². The van der Waals surface area contributed by atoms with E-state index < -0.39 is 0 Å². The molecule has 0 atom stereocenters. The SMILES string of the molecule is CN(C)CCNCc1cc2c(s1)CCCCC2. The summed E-state index contributed by atoms with van der Waals surface area (Å²) in [5.41, 5.74) is 1.64. The van der Waals surface area contributed by atoms with E-state index in [2.05, 4.69) is 30.4 Å². The fourth-order valence-electron chi connectivity index (χ4n) is 2.33. The lowest BCUT2D eigenvalue weighted by Crippen LogP contribution is -2.25. The lowest BCUT2D eigenvalue weighted by Gasteiger charge is -2.09. The summed E-state index contributed by atoms with van der Waals surface area (Å²) >= 11 is 2.03. The van der Waals surface area contributed by atoms with E-state index in [0.29, 0.717) is 0 Å². The van der Waals surface area contributed by atoms with Crippen LogP contribution < -0.4 is 5.32 Å². The van der Waals surface area contributed by atoms with Crippen molar-refractivity contribution in [1.29, 1.82) is 0 Å². The molecule has 0 aliphatic heterocycles. The van der Waals surface area contributed by atoms with Crippen LogP contribution in [0.2, 0.25) is 0 Å². The van der Waals surface area contributed by atoms with Crippen molar-refractivity contribution in [2.45, 2.75) is 38.6 Å². The van der Waals surface area contributed by atoms with Gasteiger partial charge in [0.2, 0.25) is 0 Å². The molecular formula is C14H24N2S. The number of nitrogens with zero attached hydrogens (tertiary/aromatic N) is 1. The van der Waals surface area contributed by atoms with Gasteiger partial charge < -0.3 is 10.2 Å². The minimum atomic E-state index is 1.05. The maximum atomic E-state index is 3.53. The summed E-state index contributed by atoms with van der Waals surface area (Å²) in [5, 5.41) is 3.53. The molecule has 0 saturated heterocycles. The Bertz CT molecular complexity index is 320. The predicted octanol–water partition coefficient (Wildman–Crippen LogP) is 2.67. The molecule has 1 aromatic heterocycles. The van der Waals surface area contributed by atoms with E-state index in [1.165, 1.54) is 37.0 Å². The van der Waals surface area contributed by atoms with Crippen LogP contribution in [0.15, 0.2) is 6.07 Å². The van der Waals surface area contributed by atoms with Crippen molar-refractivity contribution in [3.8, 4) is 0 Å². The first-order valence-electron chi connectivity index (χ1n) is 6.71. The summed E-state index contributed by atoms with van der Waals surface area (Å²) in [6.07, 6.45) is 6.82. The second kappa shape index (κ2) is 6.53. The molecule has 1 heterocycles. The highest BCUT2D eigenvalue weighted by Gasteiger charge is 2.11. The molecule has 0 aromatic carbocycles. The van der Waals surface area contributed by atoms with Crippen molar-refractivity contribution in [1.82, 2.24) is 10.2 Å². The number of nitrogens with one attached hydrogen (secondary N) is 1. The van der Waals surface area contributed by atoms with Crippen LogP contribution in [0.4, 0.5) is 0 Å². The quantitative estimate of drug-likeness (QED) is 0.640. The maximum Gasteiger partial charge on any atom is 0.0300 e. The molecule has 2 nitrogen and oxygen atoms in total. The van der Waals surface area contributed by atoms with Gasteiger partial charge in [0.25, 0.3) is 0 Å². The van der Waals surface area contributed by atoms with Crippen LogP contribution in [-0.2, 0) is 19.4 Å². The van der Waals surface area contributed by atoms with E-state index in [9.17, 15) is 0 Å². The lowest BCUT2D eigenvalue weighted by molar-refractivity contribution is 0.400. The van der Waals surface area contributed by atoms with Crippen molar-refractivity contribution in [3.63, 3.8) is 0 Å². The molecular weight excluding hydrogens is 228 g/mol. The van der Waals surface area contributed by atoms with Gasteiger partial charge in [-0.05, 0) is 51.4 Å². The van der Waals surface area contributed by atoms with Crippen LogP contribution >= 0.6 is 11.3 Å². The molecule has 1 aromatic rings. The van der Waals surface area contributed by atoms with Crippen molar-refractivity contribution < 1.29 is 0 Å². The van der Waals surface area contributed by atoms with Crippen molar-refractivity contribution >= 4 is 11.3 Å².